The third-order valence-electron chi connectivity index (χ3n) is 4.06. The first-order chi connectivity index (χ1) is 12.0. The number of nitrogens with zero attached hydrogens (tertiary/aromatic N) is 2. The molecule has 1 amide bonds. The van der Waals surface area contributed by atoms with Crippen molar-refractivity contribution in [1.29, 1.82) is 0 Å². The molecular weight excluding hydrogens is 329 g/mol. The maximum atomic E-state index is 13.4. The fourth-order valence-electron chi connectivity index (χ4n) is 2.84. The van der Waals surface area contributed by atoms with Crippen LogP contribution in [0.5, 0.6) is 0 Å². The van der Waals surface area contributed by atoms with Crippen LogP contribution in [0.25, 0.3) is 0 Å². The highest BCUT2D eigenvalue weighted by Gasteiger charge is 2.31. The molecular formula is C17H16FN3O4. The molecule has 1 fully saturated rings. The Balaban J connectivity index is 1.87. The first-order valence-electron chi connectivity index (χ1n) is 7.66. The molecule has 0 radical (unpaired) electrons. The number of anilines is 1. The van der Waals surface area contributed by atoms with Gasteiger partial charge in [-0.3, -0.25) is 14.9 Å². The van der Waals surface area contributed by atoms with Crippen LogP contribution in [0.4, 0.5) is 15.8 Å². The van der Waals surface area contributed by atoms with Gasteiger partial charge in [0.05, 0.1) is 23.8 Å². The smallest absolute Gasteiger partial charge is 0.284 e. The van der Waals surface area contributed by atoms with Crippen molar-refractivity contribution >= 4 is 17.3 Å². The number of hydrogen-bond donors (Lipinski definition) is 1. The summed E-state index contributed by atoms with van der Waals surface area (Å²) in [6.07, 6.45) is -0.502. The Kier molecular flexibility index (Phi) is 4.62. The SMILES string of the molecule is Nc1cccc([N+](=O)[O-])c1C(=O)N1CCO[C@H](c2cccc(F)c2)C1. The van der Waals surface area contributed by atoms with Crippen LogP contribution in [0.2, 0.25) is 0 Å². The highest BCUT2D eigenvalue weighted by atomic mass is 19.1. The average molecular weight is 345 g/mol. The summed E-state index contributed by atoms with van der Waals surface area (Å²) in [5.74, 6) is -0.929. The number of carbonyl (C=O) groups is 1. The summed E-state index contributed by atoms with van der Waals surface area (Å²) in [5, 5.41) is 11.2. The number of nitro benzene ring substituents is 1. The number of hydrogen-bond acceptors (Lipinski definition) is 5. The van der Waals surface area contributed by atoms with E-state index in [0.717, 1.165) is 0 Å². The van der Waals surface area contributed by atoms with Gasteiger partial charge in [-0.2, -0.15) is 0 Å². The van der Waals surface area contributed by atoms with Crippen molar-refractivity contribution < 1.29 is 18.8 Å². The summed E-state index contributed by atoms with van der Waals surface area (Å²) in [7, 11) is 0. The molecule has 25 heavy (non-hydrogen) atoms. The van der Waals surface area contributed by atoms with Gasteiger partial charge in [0.25, 0.3) is 11.6 Å². The van der Waals surface area contributed by atoms with Crippen molar-refractivity contribution in [2.45, 2.75) is 6.10 Å². The summed E-state index contributed by atoms with van der Waals surface area (Å²) < 4.78 is 19.0. The topological polar surface area (TPSA) is 98.7 Å². The number of nitrogen functional groups attached to an aromatic ring is 1. The van der Waals surface area contributed by atoms with Gasteiger partial charge in [0.1, 0.15) is 17.5 Å². The summed E-state index contributed by atoms with van der Waals surface area (Å²) in [5.41, 5.74) is 5.99. The second-order valence-corrected chi connectivity index (χ2v) is 5.66. The molecule has 0 aromatic heterocycles. The van der Waals surface area contributed by atoms with E-state index in [1.54, 1.807) is 12.1 Å². The molecule has 130 valence electrons. The Labute approximate surface area is 143 Å². The van der Waals surface area contributed by atoms with E-state index in [9.17, 15) is 19.3 Å². The average Bonchev–Trinajstić information content (AvgIpc) is 2.61. The van der Waals surface area contributed by atoms with Crippen molar-refractivity contribution in [3.8, 4) is 0 Å². The predicted molar refractivity (Wildman–Crippen MR) is 88.5 cm³/mol. The molecule has 0 unspecified atom stereocenters. The number of ether oxygens (including phenoxy) is 1. The van der Waals surface area contributed by atoms with Crippen LogP contribution in [0.1, 0.15) is 22.0 Å². The Morgan fingerprint density at radius 3 is 2.80 bits per heavy atom. The zero-order valence-corrected chi connectivity index (χ0v) is 13.2. The quantitative estimate of drug-likeness (QED) is 0.523. The number of nitro groups is 1. The molecule has 3 rings (SSSR count). The van der Waals surface area contributed by atoms with E-state index in [1.165, 1.54) is 35.2 Å². The molecule has 0 aliphatic carbocycles. The molecule has 2 aromatic rings. The third kappa shape index (κ3) is 3.43. The Bertz CT molecular complexity index is 827. The van der Waals surface area contributed by atoms with Crippen LogP contribution in [-0.4, -0.2) is 35.4 Å². The largest absolute Gasteiger partial charge is 0.398 e. The summed E-state index contributed by atoms with van der Waals surface area (Å²) in [6, 6.07) is 10.1. The van der Waals surface area contributed by atoms with Gasteiger partial charge < -0.3 is 15.4 Å². The molecule has 8 heteroatoms. The zero-order chi connectivity index (χ0) is 18.0. The van der Waals surface area contributed by atoms with Crippen molar-refractivity contribution in [1.82, 2.24) is 4.90 Å². The van der Waals surface area contributed by atoms with E-state index in [-0.39, 0.29) is 36.6 Å². The van der Waals surface area contributed by atoms with Gasteiger partial charge in [0, 0.05) is 12.6 Å². The molecule has 1 atom stereocenters. The lowest BCUT2D eigenvalue weighted by atomic mass is 10.1. The summed E-state index contributed by atoms with van der Waals surface area (Å²) in [6.45, 7) is 0.678. The summed E-state index contributed by atoms with van der Waals surface area (Å²) in [4.78, 5) is 24.8. The van der Waals surface area contributed by atoms with Crippen molar-refractivity contribution in [3.63, 3.8) is 0 Å². The van der Waals surface area contributed by atoms with E-state index >= 15 is 0 Å². The van der Waals surface area contributed by atoms with Crippen LogP contribution >= 0.6 is 0 Å². The zero-order valence-electron chi connectivity index (χ0n) is 13.2. The fourth-order valence-corrected chi connectivity index (χ4v) is 2.84. The molecule has 0 bridgehead atoms. The van der Waals surface area contributed by atoms with Gasteiger partial charge in [0.2, 0.25) is 0 Å². The number of halogens is 1. The van der Waals surface area contributed by atoms with Crippen molar-refractivity contribution in [2.75, 3.05) is 25.4 Å². The molecule has 0 saturated carbocycles. The van der Waals surface area contributed by atoms with Gasteiger partial charge in [-0.05, 0) is 23.8 Å². The standard InChI is InChI=1S/C17H16FN3O4/c18-12-4-1-3-11(9-12)15-10-20(7-8-25-15)17(22)16-13(19)5-2-6-14(16)21(23)24/h1-6,9,15H,7-8,10,19H2/t15-/m0/s1. The molecule has 0 spiro atoms. The van der Waals surface area contributed by atoms with Gasteiger partial charge in [-0.25, -0.2) is 4.39 Å². The number of rotatable bonds is 3. The third-order valence-corrected chi connectivity index (χ3v) is 4.06. The van der Waals surface area contributed by atoms with E-state index in [4.69, 9.17) is 10.5 Å². The first-order valence-corrected chi connectivity index (χ1v) is 7.66. The van der Waals surface area contributed by atoms with Gasteiger partial charge in [-0.1, -0.05) is 18.2 Å². The highest BCUT2D eigenvalue weighted by molar-refractivity contribution is 6.03. The Morgan fingerprint density at radius 2 is 2.08 bits per heavy atom. The number of morpholine rings is 1. The Hall–Kier alpha value is -3.00. The van der Waals surface area contributed by atoms with Crippen LogP contribution in [0.15, 0.2) is 42.5 Å². The fraction of sp³-hybridized carbons (Fsp3) is 0.235. The molecule has 1 heterocycles. The summed E-state index contributed by atoms with van der Waals surface area (Å²) >= 11 is 0. The molecule has 1 aliphatic rings. The van der Waals surface area contributed by atoms with E-state index in [0.29, 0.717) is 5.56 Å². The van der Waals surface area contributed by atoms with Gasteiger partial charge in [-0.15, -0.1) is 0 Å². The maximum absolute atomic E-state index is 13.4. The van der Waals surface area contributed by atoms with Crippen molar-refractivity contribution in [3.05, 3.63) is 69.5 Å². The van der Waals surface area contributed by atoms with Crippen LogP contribution in [-0.2, 0) is 4.74 Å². The second kappa shape index (κ2) is 6.86. The maximum Gasteiger partial charge on any atom is 0.284 e. The van der Waals surface area contributed by atoms with E-state index < -0.39 is 22.8 Å². The monoisotopic (exact) mass is 345 g/mol. The van der Waals surface area contributed by atoms with Crippen molar-refractivity contribution in [2.24, 2.45) is 0 Å². The lowest BCUT2D eigenvalue weighted by Gasteiger charge is -2.33. The molecule has 1 saturated heterocycles. The minimum atomic E-state index is -0.631. The molecule has 7 nitrogen and oxygen atoms in total. The highest BCUT2D eigenvalue weighted by Crippen LogP contribution is 2.29. The second-order valence-electron chi connectivity index (χ2n) is 5.66. The Morgan fingerprint density at radius 1 is 1.32 bits per heavy atom. The number of amides is 1. The van der Waals surface area contributed by atoms with Gasteiger partial charge in [0.15, 0.2) is 0 Å². The van der Waals surface area contributed by atoms with Crippen LogP contribution in [0, 0.1) is 15.9 Å². The predicted octanol–water partition coefficient (Wildman–Crippen LogP) is 2.53. The lowest BCUT2D eigenvalue weighted by molar-refractivity contribution is -0.385. The lowest BCUT2D eigenvalue weighted by Crippen LogP contribution is -2.42. The van der Waals surface area contributed by atoms with E-state index in [1.807, 2.05) is 0 Å². The number of carbonyl (C=O) groups excluding carboxylic acids is 1. The first kappa shape index (κ1) is 16.8. The normalized spacial score (nSPS) is 17.3. The minimum Gasteiger partial charge on any atom is -0.398 e. The minimum absolute atomic E-state index is 0.0491. The number of benzene rings is 2. The molecule has 2 aromatic carbocycles. The van der Waals surface area contributed by atoms with Crippen LogP contribution < -0.4 is 5.73 Å². The van der Waals surface area contributed by atoms with Crippen LogP contribution in [0.3, 0.4) is 0 Å². The number of nitrogens with two attached hydrogens (primary N) is 1. The van der Waals surface area contributed by atoms with E-state index in [2.05, 4.69) is 0 Å². The molecule has 1 aliphatic heterocycles. The molecule has 2 N–H and O–H groups in total. The van der Waals surface area contributed by atoms with Gasteiger partial charge >= 0.3 is 0 Å².